The first kappa shape index (κ1) is 28.4. The fourth-order valence-electron chi connectivity index (χ4n) is 6.62. The number of fused-ring (bicyclic) bond motifs is 3. The molecule has 1 saturated heterocycles. The lowest BCUT2D eigenvalue weighted by Gasteiger charge is -2.45. The number of aliphatic hydroxyl groups is 1. The summed E-state index contributed by atoms with van der Waals surface area (Å²) in [6.45, 7) is 2.70. The average molecular weight is 564 g/mol. The molecule has 2 aliphatic heterocycles. The third-order valence-corrected chi connectivity index (χ3v) is 9.26. The summed E-state index contributed by atoms with van der Waals surface area (Å²) in [6, 6.07) is 11.1. The van der Waals surface area contributed by atoms with Crippen LogP contribution in [0, 0.1) is 12.8 Å². The number of nitrogens with zero attached hydrogens (tertiary/aromatic N) is 1. The number of carboxylic acid groups (broad SMARTS) is 1. The van der Waals surface area contributed by atoms with Gasteiger partial charge in [0.05, 0.1) is 12.0 Å². The normalized spacial score (nSPS) is 29.6. The van der Waals surface area contributed by atoms with Crippen molar-refractivity contribution in [1.82, 2.24) is 4.90 Å². The molecule has 2 heterocycles. The summed E-state index contributed by atoms with van der Waals surface area (Å²) in [4.78, 5) is 26.8. The Morgan fingerprint density at radius 2 is 1.70 bits per heavy atom. The summed E-state index contributed by atoms with van der Waals surface area (Å²) < 4.78 is 61.2. The molecule has 3 atom stereocenters. The van der Waals surface area contributed by atoms with Crippen LogP contribution in [0.5, 0.6) is 5.75 Å². The van der Waals surface area contributed by atoms with Crippen LogP contribution in [0.4, 0.5) is 17.6 Å². The SMILES string of the molecule is Cc1ccc(CC23CCN(C(=O)[C@]4(O)CC[C@@H](C(=O)O)CC4)C2COc2cc(C(C)(F)C(F)(F)F)ccc23)cc1. The highest BCUT2D eigenvalue weighted by Crippen LogP contribution is 2.52. The van der Waals surface area contributed by atoms with Crippen LogP contribution in [-0.4, -0.2) is 58.0 Å². The fraction of sp³-hybridized carbons (Fsp3) is 0.533. The number of alkyl halides is 4. The molecule has 3 aliphatic rings. The van der Waals surface area contributed by atoms with E-state index in [4.69, 9.17) is 4.74 Å². The second-order valence-electron chi connectivity index (χ2n) is 11.7. The highest BCUT2D eigenvalue weighted by Gasteiger charge is 2.58. The molecule has 0 spiro atoms. The molecule has 0 bridgehead atoms. The molecule has 5 rings (SSSR count). The zero-order valence-electron chi connectivity index (χ0n) is 22.4. The summed E-state index contributed by atoms with van der Waals surface area (Å²) in [5.74, 6) is -1.88. The Balaban J connectivity index is 1.52. The number of hydrogen-bond acceptors (Lipinski definition) is 4. The Morgan fingerprint density at radius 3 is 2.30 bits per heavy atom. The largest absolute Gasteiger partial charge is 0.491 e. The molecule has 216 valence electrons. The molecule has 0 aromatic heterocycles. The van der Waals surface area contributed by atoms with E-state index < -0.39 is 52.3 Å². The molecule has 1 amide bonds. The average Bonchev–Trinajstić information content (AvgIpc) is 3.28. The van der Waals surface area contributed by atoms with E-state index in [9.17, 15) is 37.4 Å². The van der Waals surface area contributed by atoms with E-state index in [0.717, 1.165) is 23.3 Å². The van der Waals surface area contributed by atoms with Crippen molar-refractivity contribution in [3.63, 3.8) is 0 Å². The minimum Gasteiger partial charge on any atom is -0.491 e. The monoisotopic (exact) mass is 563 g/mol. The van der Waals surface area contributed by atoms with Gasteiger partial charge in [0.15, 0.2) is 0 Å². The van der Waals surface area contributed by atoms with Crippen LogP contribution in [-0.2, 0) is 27.1 Å². The number of benzene rings is 2. The molecular formula is C30H33F4NO5. The Labute approximate surface area is 229 Å². The molecule has 2 N–H and O–H groups in total. The van der Waals surface area contributed by atoms with Gasteiger partial charge >= 0.3 is 12.1 Å². The number of amides is 1. The van der Waals surface area contributed by atoms with Gasteiger partial charge in [-0.3, -0.25) is 9.59 Å². The lowest BCUT2D eigenvalue weighted by atomic mass is 9.68. The second kappa shape index (κ2) is 9.75. The number of rotatable bonds is 5. The maximum atomic E-state index is 14.8. The summed E-state index contributed by atoms with van der Waals surface area (Å²) in [7, 11) is 0. The van der Waals surface area contributed by atoms with Crippen molar-refractivity contribution >= 4 is 11.9 Å². The zero-order valence-corrected chi connectivity index (χ0v) is 22.4. The van der Waals surface area contributed by atoms with Crippen molar-refractivity contribution in [3.8, 4) is 5.75 Å². The van der Waals surface area contributed by atoms with Gasteiger partial charge in [-0.25, -0.2) is 4.39 Å². The lowest BCUT2D eigenvalue weighted by Crippen LogP contribution is -2.58. The summed E-state index contributed by atoms with van der Waals surface area (Å²) in [6.07, 6.45) is -3.74. The molecule has 3 unspecified atom stereocenters. The van der Waals surface area contributed by atoms with Gasteiger partial charge in [-0.15, -0.1) is 0 Å². The summed E-state index contributed by atoms with van der Waals surface area (Å²) >= 11 is 0. The highest BCUT2D eigenvalue weighted by atomic mass is 19.4. The molecule has 0 radical (unpaired) electrons. The van der Waals surface area contributed by atoms with E-state index in [1.807, 2.05) is 31.2 Å². The summed E-state index contributed by atoms with van der Waals surface area (Å²) in [5.41, 5.74) is -3.93. The van der Waals surface area contributed by atoms with Crippen LogP contribution in [0.2, 0.25) is 0 Å². The van der Waals surface area contributed by atoms with Crippen LogP contribution < -0.4 is 4.74 Å². The molecular weight excluding hydrogens is 530 g/mol. The molecule has 40 heavy (non-hydrogen) atoms. The van der Waals surface area contributed by atoms with E-state index >= 15 is 0 Å². The third-order valence-electron chi connectivity index (χ3n) is 9.26. The Morgan fingerprint density at radius 1 is 1.05 bits per heavy atom. The van der Waals surface area contributed by atoms with Crippen LogP contribution in [0.1, 0.15) is 61.3 Å². The molecule has 1 saturated carbocycles. The third kappa shape index (κ3) is 4.63. The lowest BCUT2D eigenvalue weighted by molar-refractivity contribution is -0.228. The van der Waals surface area contributed by atoms with Crippen molar-refractivity contribution < 1.29 is 42.1 Å². The minimum atomic E-state index is -5.11. The quantitative estimate of drug-likeness (QED) is 0.487. The fourth-order valence-corrected chi connectivity index (χ4v) is 6.62. The molecule has 1 aliphatic carbocycles. The van der Waals surface area contributed by atoms with Crippen molar-refractivity contribution in [2.75, 3.05) is 13.2 Å². The van der Waals surface area contributed by atoms with Crippen LogP contribution in [0.3, 0.4) is 0 Å². The van der Waals surface area contributed by atoms with E-state index in [1.54, 1.807) is 4.90 Å². The molecule has 10 heteroatoms. The van der Waals surface area contributed by atoms with Gasteiger partial charge in [0.1, 0.15) is 18.0 Å². The van der Waals surface area contributed by atoms with Crippen molar-refractivity contribution in [3.05, 3.63) is 64.7 Å². The molecule has 2 aromatic carbocycles. The maximum absolute atomic E-state index is 14.8. The Kier molecular flexibility index (Phi) is 6.92. The number of hydrogen-bond donors (Lipinski definition) is 2. The number of carboxylic acids is 1. The Bertz CT molecular complexity index is 1300. The number of aliphatic carboxylic acids is 1. The van der Waals surface area contributed by atoms with Crippen LogP contribution in [0.25, 0.3) is 0 Å². The zero-order chi connectivity index (χ0) is 29.1. The van der Waals surface area contributed by atoms with Crippen molar-refractivity contribution in [2.45, 2.75) is 81.3 Å². The maximum Gasteiger partial charge on any atom is 0.426 e. The molecule has 6 nitrogen and oxygen atoms in total. The first-order valence-electron chi connectivity index (χ1n) is 13.5. The van der Waals surface area contributed by atoms with E-state index in [2.05, 4.69) is 0 Å². The number of carbonyl (C=O) groups excluding carboxylic acids is 1. The van der Waals surface area contributed by atoms with E-state index in [-0.39, 0.29) is 44.6 Å². The number of halogens is 4. The van der Waals surface area contributed by atoms with Crippen LogP contribution >= 0.6 is 0 Å². The topological polar surface area (TPSA) is 87.1 Å². The predicted octanol–water partition coefficient (Wildman–Crippen LogP) is 5.22. The highest BCUT2D eigenvalue weighted by molar-refractivity contribution is 5.86. The van der Waals surface area contributed by atoms with Gasteiger partial charge in [-0.2, -0.15) is 13.2 Å². The summed E-state index contributed by atoms with van der Waals surface area (Å²) in [5, 5.41) is 20.7. The van der Waals surface area contributed by atoms with E-state index in [1.165, 1.54) is 6.07 Å². The first-order valence-corrected chi connectivity index (χ1v) is 13.5. The van der Waals surface area contributed by atoms with Gasteiger partial charge in [-0.1, -0.05) is 42.0 Å². The first-order chi connectivity index (χ1) is 18.7. The number of likely N-dealkylation sites (tertiary alicyclic amines) is 1. The Hall–Kier alpha value is -3.14. The molecule has 2 fully saturated rings. The number of ether oxygens (including phenoxy) is 1. The second-order valence-corrected chi connectivity index (χ2v) is 11.7. The standard InChI is InChI=1S/C30H33F4NO5/c1-18-3-5-19(6-4-18)16-28-13-14-35(26(38)29(39)11-9-20(10-12-29)25(36)37)24(28)17-40-23-15-21(7-8-22(23)28)27(2,31)30(32,33)34/h3-8,15,20,24,39H,9-14,16-17H2,1-2H3,(H,36,37)/t20-,24?,27?,28?,29+. The van der Waals surface area contributed by atoms with Gasteiger partial charge in [0, 0.05) is 23.1 Å². The van der Waals surface area contributed by atoms with Crippen molar-refractivity contribution in [1.29, 1.82) is 0 Å². The van der Waals surface area contributed by atoms with Crippen LogP contribution in [0.15, 0.2) is 42.5 Å². The van der Waals surface area contributed by atoms with E-state index in [0.29, 0.717) is 25.3 Å². The predicted molar refractivity (Wildman–Crippen MR) is 138 cm³/mol. The molecule has 2 aromatic rings. The van der Waals surface area contributed by atoms with Crippen molar-refractivity contribution in [2.24, 2.45) is 5.92 Å². The van der Waals surface area contributed by atoms with Gasteiger partial charge in [0.2, 0.25) is 5.67 Å². The number of aryl methyl sites for hydroxylation is 1. The smallest absolute Gasteiger partial charge is 0.426 e. The minimum absolute atomic E-state index is 0.0308. The number of carbonyl (C=O) groups is 2. The van der Waals surface area contributed by atoms with Gasteiger partial charge in [-0.05, 0) is 64.0 Å². The van der Waals surface area contributed by atoms with Gasteiger partial charge < -0.3 is 19.8 Å². The van der Waals surface area contributed by atoms with Gasteiger partial charge in [0.25, 0.3) is 5.91 Å².